The second-order valence-corrected chi connectivity index (χ2v) is 11.6. The van der Waals surface area contributed by atoms with Crippen molar-refractivity contribution in [1.82, 2.24) is 24.7 Å². The normalized spacial score (nSPS) is 22.0. The maximum Gasteiger partial charge on any atom is 0.439 e. The van der Waals surface area contributed by atoms with E-state index in [0.717, 1.165) is 66.2 Å². The van der Waals surface area contributed by atoms with E-state index in [1.54, 1.807) is 12.1 Å². The third-order valence-electron chi connectivity index (χ3n) is 9.15. The van der Waals surface area contributed by atoms with E-state index >= 15 is 0 Å². The number of rotatable bonds is 4. The molecule has 1 unspecified atom stereocenters. The Kier molecular flexibility index (Phi) is 5.11. The Morgan fingerprint density at radius 3 is 2.71 bits per heavy atom. The largest absolute Gasteiger partial charge is 0.443 e. The second-order valence-electron chi connectivity index (χ2n) is 11.6. The van der Waals surface area contributed by atoms with E-state index in [1.165, 1.54) is 6.20 Å². The first kappa shape index (κ1) is 24.7. The Labute approximate surface area is 240 Å². The van der Waals surface area contributed by atoms with E-state index in [-0.39, 0.29) is 5.41 Å². The number of aromatic nitrogens is 5. The number of hydrogen-bond donors (Lipinski definition) is 1. The molecule has 5 heterocycles. The average Bonchev–Trinajstić information content (AvgIpc) is 3.28. The van der Waals surface area contributed by atoms with Gasteiger partial charge in [-0.05, 0) is 67.1 Å². The predicted molar refractivity (Wildman–Crippen MR) is 152 cm³/mol. The first-order valence-electron chi connectivity index (χ1n) is 14.0. The average molecular weight is 562 g/mol. The lowest BCUT2D eigenvalue weighted by atomic mass is 9.90. The molecule has 0 amide bonds. The van der Waals surface area contributed by atoms with Gasteiger partial charge in [0.15, 0.2) is 17.3 Å². The van der Waals surface area contributed by atoms with Crippen molar-refractivity contribution >= 4 is 16.7 Å². The van der Waals surface area contributed by atoms with Gasteiger partial charge in [-0.15, -0.1) is 0 Å². The highest BCUT2D eigenvalue weighted by Gasteiger charge is 2.57. The molecule has 0 bridgehead atoms. The molecule has 42 heavy (non-hydrogen) atoms. The smallest absolute Gasteiger partial charge is 0.439 e. The molecule has 1 N–H and O–H groups in total. The van der Waals surface area contributed by atoms with Gasteiger partial charge in [-0.25, -0.2) is 9.78 Å². The number of fused-ring (bicyclic) bond motifs is 2. The number of piperidine rings is 1. The third kappa shape index (κ3) is 3.71. The number of para-hydroxylation sites is 1. The maximum atomic E-state index is 11.4. The molecule has 1 spiro atoms. The molecule has 11 heteroatoms. The summed E-state index contributed by atoms with van der Waals surface area (Å²) >= 11 is 0. The van der Waals surface area contributed by atoms with Gasteiger partial charge in [0.05, 0.1) is 22.3 Å². The second kappa shape index (κ2) is 8.69. The van der Waals surface area contributed by atoms with Gasteiger partial charge in [-0.3, -0.25) is 14.5 Å². The molecule has 2 aliphatic heterocycles. The van der Waals surface area contributed by atoms with Crippen molar-refractivity contribution in [3.8, 4) is 29.0 Å². The molecule has 2 aromatic carbocycles. The molecule has 0 radical (unpaired) electrons. The van der Waals surface area contributed by atoms with Gasteiger partial charge in [0.2, 0.25) is 0 Å². The molecule has 1 saturated carbocycles. The van der Waals surface area contributed by atoms with Crippen LogP contribution in [0.1, 0.15) is 49.2 Å². The SMILES string of the molecule is Cn1c([C@@H]2CC23CCN(c2cccc4c2OC(C)(c2ccc(C#N)cn2)O4)CC3)nc2ccc(-c3noc(=O)[nH]3)cc21. The summed E-state index contributed by atoms with van der Waals surface area (Å²) in [6.45, 7) is 3.68. The molecular formula is C31H27N7O4. The summed E-state index contributed by atoms with van der Waals surface area (Å²) in [5.41, 5.74) is 5.09. The molecule has 5 aromatic rings. The number of hydrogen-bond acceptors (Lipinski definition) is 9. The van der Waals surface area contributed by atoms with Crippen LogP contribution in [0, 0.1) is 16.7 Å². The summed E-state index contributed by atoms with van der Waals surface area (Å²) in [6, 6.07) is 17.5. The number of aryl methyl sites for hydroxylation is 1. The minimum atomic E-state index is -1.06. The Morgan fingerprint density at radius 1 is 1.12 bits per heavy atom. The Morgan fingerprint density at radius 2 is 1.98 bits per heavy atom. The summed E-state index contributed by atoms with van der Waals surface area (Å²) < 4.78 is 19.6. The van der Waals surface area contributed by atoms with Crippen LogP contribution in [0.3, 0.4) is 0 Å². The molecule has 8 rings (SSSR count). The number of benzene rings is 2. The molecule has 3 aliphatic rings. The topological polar surface area (TPSA) is 135 Å². The van der Waals surface area contributed by atoms with Crippen molar-refractivity contribution < 1.29 is 14.0 Å². The van der Waals surface area contributed by atoms with Crippen LogP contribution in [-0.2, 0) is 12.8 Å². The zero-order valence-electron chi connectivity index (χ0n) is 23.1. The van der Waals surface area contributed by atoms with Crippen molar-refractivity contribution in [2.45, 2.75) is 37.9 Å². The molecule has 11 nitrogen and oxygen atoms in total. The Hall–Kier alpha value is -5.11. The number of pyridine rings is 1. The number of imidazole rings is 1. The lowest BCUT2D eigenvalue weighted by Crippen LogP contribution is -2.36. The van der Waals surface area contributed by atoms with Crippen LogP contribution in [0.5, 0.6) is 11.5 Å². The number of H-pyrrole nitrogens is 1. The van der Waals surface area contributed by atoms with E-state index in [1.807, 2.05) is 37.3 Å². The lowest BCUT2D eigenvalue weighted by molar-refractivity contribution is -0.0716. The van der Waals surface area contributed by atoms with E-state index in [2.05, 4.69) is 48.3 Å². The van der Waals surface area contributed by atoms with Crippen molar-refractivity contribution in [1.29, 1.82) is 5.26 Å². The van der Waals surface area contributed by atoms with Crippen molar-refractivity contribution in [3.63, 3.8) is 0 Å². The minimum absolute atomic E-state index is 0.238. The van der Waals surface area contributed by atoms with Gasteiger partial charge in [-0.2, -0.15) is 5.26 Å². The molecular weight excluding hydrogens is 534 g/mol. The first-order chi connectivity index (χ1) is 20.4. The summed E-state index contributed by atoms with van der Waals surface area (Å²) in [6.07, 6.45) is 4.78. The zero-order chi connectivity index (χ0) is 28.6. The van der Waals surface area contributed by atoms with Crippen LogP contribution in [0.4, 0.5) is 5.69 Å². The Bertz CT molecular complexity index is 1960. The van der Waals surface area contributed by atoms with Crippen LogP contribution in [0.2, 0.25) is 0 Å². The maximum absolute atomic E-state index is 11.4. The highest BCUT2D eigenvalue weighted by molar-refractivity contribution is 5.81. The van der Waals surface area contributed by atoms with Crippen LogP contribution in [-0.4, -0.2) is 37.8 Å². The summed E-state index contributed by atoms with van der Waals surface area (Å²) in [5.74, 6) is 1.71. The van der Waals surface area contributed by atoms with Crippen molar-refractivity contribution in [3.05, 3.63) is 82.4 Å². The summed E-state index contributed by atoms with van der Waals surface area (Å²) in [7, 11) is 2.06. The molecule has 2 fully saturated rings. The van der Waals surface area contributed by atoms with Crippen molar-refractivity contribution in [2.75, 3.05) is 18.0 Å². The number of nitrogens with one attached hydrogen (secondary N) is 1. The summed E-state index contributed by atoms with van der Waals surface area (Å²) in [4.78, 5) is 25.9. The van der Waals surface area contributed by atoms with Gasteiger partial charge in [-0.1, -0.05) is 11.2 Å². The monoisotopic (exact) mass is 561 g/mol. The van der Waals surface area contributed by atoms with Gasteiger partial charge >= 0.3 is 5.76 Å². The van der Waals surface area contributed by atoms with E-state index in [9.17, 15) is 4.79 Å². The predicted octanol–water partition coefficient (Wildman–Crippen LogP) is 4.60. The van der Waals surface area contributed by atoms with Gasteiger partial charge < -0.3 is 18.9 Å². The third-order valence-corrected chi connectivity index (χ3v) is 9.15. The molecule has 2 atom stereocenters. The number of nitriles is 1. The molecule has 3 aromatic heterocycles. The molecule has 1 aliphatic carbocycles. The fraction of sp³-hybridized carbons (Fsp3) is 0.323. The molecule has 1 saturated heterocycles. The van der Waals surface area contributed by atoms with Crippen LogP contribution in [0.25, 0.3) is 22.4 Å². The van der Waals surface area contributed by atoms with Gasteiger partial charge in [0.25, 0.3) is 5.79 Å². The quantitative estimate of drug-likeness (QED) is 0.334. The summed E-state index contributed by atoms with van der Waals surface area (Å²) in [5, 5.41) is 12.9. The standard InChI is InChI=1S/C31H27N7O4/c1-30(25-9-6-18(16-32)17-33-25)40-24-5-3-4-22(26(24)41-30)38-12-10-31(11-13-38)15-20(31)28-34-21-8-7-19(14-23(21)37(28)2)27-35-29(39)42-36-27/h3-9,14,17,20H,10-13,15H2,1-2H3,(H,35,36,39)/t20-,30?/m0/s1. The van der Waals surface area contributed by atoms with Crippen molar-refractivity contribution in [2.24, 2.45) is 12.5 Å². The highest BCUT2D eigenvalue weighted by Crippen LogP contribution is 2.65. The number of aromatic amines is 1. The minimum Gasteiger partial charge on any atom is -0.443 e. The van der Waals surface area contributed by atoms with Crippen LogP contribution >= 0.6 is 0 Å². The van der Waals surface area contributed by atoms with Crippen LogP contribution < -0.4 is 20.1 Å². The highest BCUT2D eigenvalue weighted by atomic mass is 16.7. The fourth-order valence-corrected chi connectivity index (χ4v) is 6.67. The number of nitrogens with zero attached hydrogens (tertiary/aromatic N) is 6. The first-order valence-corrected chi connectivity index (χ1v) is 14.0. The van der Waals surface area contributed by atoms with Crippen LogP contribution in [0.15, 0.2) is 64.0 Å². The van der Waals surface area contributed by atoms with E-state index < -0.39 is 11.5 Å². The fourth-order valence-electron chi connectivity index (χ4n) is 6.67. The lowest BCUT2D eigenvalue weighted by Gasteiger charge is -2.35. The van der Waals surface area contributed by atoms with E-state index in [0.29, 0.717) is 28.7 Å². The molecule has 210 valence electrons. The van der Waals surface area contributed by atoms with Gasteiger partial charge in [0.1, 0.15) is 17.6 Å². The zero-order valence-corrected chi connectivity index (χ0v) is 23.1. The van der Waals surface area contributed by atoms with Gasteiger partial charge in [0, 0.05) is 44.7 Å². The van der Waals surface area contributed by atoms with E-state index in [4.69, 9.17) is 19.7 Å². The number of ether oxygens (including phenoxy) is 2. The number of anilines is 1. The Balaban J connectivity index is 0.999.